The Morgan fingerprint density at radius 2 is 2.04 bits per heavy atom. The van der Waals surface area contributed by atoms with E-state index in [2.05, 4.69) is 15.6 Å². The molecular formula is C20H25FN4O2S. The first-order chi connectivity index (χ1) is 13.4. The molecule has 0 aliphatic carbocycles. The lowest BCUT2D eigenvalue weighted by molar-refractivity contribution is -0.128. The van der Waals surface area contributed by atoms with Crippen molar-refractivity contribution in [2.45, 2.75) is 33.2 Å². The van der Waals surface area contributed by atoms with Gasteiger partial charge in [-0.1, -0.05) is 12.1 Å². The highest BCUT2D eigenvalue weighted by Gasteiger charge is 2.26. The molecule has 0 saturated carbocycles. The summed E-state index contributed by atoms with van der Waals surface area (Å²) in [5.41, 5.74) is 1.78. The topological polar surface area (TPSA) is 74.3 Å². The number of anilines is 1. The lowest BCUT2D eigenvalue weighted by atomic mass is 9.97. The fourth-order valence-corrected chi connectivity index (χ4v) is 4.07. The van der Waals surface area contributed by atoms with E-state index in [4.69, 9.17) is 0 Å². The molecule has 1 aromatic carbocycles. The van der Waals surface area contributed by atoms with Gasteiger partial charge in [-0.05, 0) is 50.9 Å². The predicted molar refractivity (Wildman–Crippen MR) is 108 cm³/mol. The smallest absolute Gasteiger partial charge is 0.240 e. The van der Waals surface area contributed by atoms with E-state index in [1.807, 2.05) is 18.7 Å². The Morgan fingerprint density at radius 1 is 1.29 bits per heavy atom. The number of hydrogen-bond donors (Lipinski definition) is 2. The van der Waals surface area contributed by atoms with Crippen LogP contribution in [0.25, 0.3) is 0 Å². The van der Waals surface area contributed by atoms with E-state index in [0.717, 1.165) is 35.5 Å². The molecule has 0 radical (unpaired) electrons. The first-order valence-corrected chi connectivity index (χ1v) is 10.2. The van der Waals surface area contributed by atoms with Crippen molar-refractivity contribution in [3.8, 4) is 0 Å². The molecule has 2 amide bonds. The second-order valence-corrected chi connectivity index (χ2v) is 8.33. The van der Waals surface area contributed by atoms with Gasteiger partial charge in [-0.25, -0.2) is 9.37 Å². The second-order valence-electron chi connectivity index (χ2n) is 7.13. The Balaban J connectivity index is 1.46. The molecule has 2 N–H and O–H groups in total. The third-order valence-electron chi connectivity index (χ3n) is 4.90. The number of nitrogens with zero attached hydrogens (tertiary/aromatic N) is 2. The van der Waals surface area contributed by atoms with Gasteiger partial charge in [0.15, 0.2) is 5.13 Å². The summed E-state index contributed by atoms with van der Waals surface area (Å²) in [5.74, 6) is -0.576. The number of carbonyl (C=O) groups is 2. The van der Waals surface area contributed by atoms with Crippen molar-refractivity contribution in [3.63, 3.8) is 0 Å². The van der Waals surface area contributed by atoms with Gasteiger partial charge in [-0.15, -0.1) is 11.3 Å². The van der Waals surface area contributed by atoms with Gasteiger partial charge in [0.05, 0.1) is 18.2 Å². The summed E-state index contributed by atoms with van der Waals surface area (Å²) in [5, 5.41) is 6.37. The number of thiazole rings is 1. The van der Waals surface area contributed by atoms with Gasteiger partial charge < -0.3 is 10.6 Å². The number of rotatable bonds is 6. The van der Waals surface area contributed by atoms with Crippen LogP contribution in [0, 0.1) is 25.6 Å². The highest BCUT2D eigenvalue weighted by molar-refractivity contribution is 7.15. The standard InChI is InChI=1S/C20H25FN4O2S/c1-13-14(2)28-20(23-13)24-18(26)12-25-9-3-4-16(11-25)19(27)22-10-15-5-7-17(21)8-6-15/h5-8,16H,3-4,9-12H2,1-2H3,(H,22,27)(H,23,24,26). The molecule has 3 rings (SSSR count). The minimum atomic E-state index is -0.292. The van der Waals surface area contributed by atoms with Crippen molar-refractivity contribution in [1.29, 1.82) is 0 Å². The molecule has 150 valence electrons. The molecule has 8 heteroatoms. The van der Waals surface area contributed by atoms with E-state index >= 15 is 0 Å². The van der Waals surface area contributed by atoms with E-state index in [1.165, 1.54) is 23.5 Å². The SMILES string of the molecule is Cc1nc(NC(=O)CN2CCCC(C(=O)NCc3ccc(F)cc3)C2)sc1C. The quantitative estimate of drug-likeness (QED) is 0.776. The highest BCUT2D eigenvalue weighted by atomic mass is 32.1. The van der Waals surface area contributed by atoms with Crippen LogP contribution in [0.5, 0.6) is 0 Å². The maximum atomic E-state index is 13.0. The molecule has 2 aromatic rings. The number of halogens is 1. The number of benzene rings is 1. The molecule has 1 atom stereocenters. The Bertz CT molecular complexity index is 818. The third kappa shape index (κ3) is 5.59. The first-order valence-electron chi connectivity index (χ1n) is 9.39. The number of piperidine rings is 1. The summed E-state index contributed by atoms with van der Waals surface area (Å²) < 4.78 is 13.0. The van der Waals surface area contributed by atoms with Crippen LogP contribution in [-0.4, -0.2) is 41.3 Å². The normalized spacial score (nSPS) is 17.3. The van der Waals surface area contributed by atoms with Crippen molar-refractivity contribution < 1.29 is 14.0 Å². The maximum Gasteiger partial charge on any atom is 0.240 e. The van der Waals surface area contributed by atoms with Gasteiger partial charge in [0.25, 0.3) is 0 Å². The monoisotopic (exact) mass is 404 g/mol. The van der Waals surface area contributed by atoms with Crippen LogP contribution in [0.2, 0.25) is 0 Å². The van der Waals surface area contributed by atoms with Crippen LogP contribution in [0.15, 0.2) is 24.3 Å². The maximum absolute atomic E-state index is 13.0. The largest absolute Gasteiger partial charge is 0.352 e. The molecule has 2 heterocycles. The summed E-state index contributed by atoms with van der Waals surface area (Å²) in [7, 11) is 0. The molecule has 6 nitrogen and oxygen atoms in total. The Hall–Kier alpha value is -2.32. The molecule has 28 heavy (non-hydrogen) atoms. The molecule has 1 unspecified atom stereocenters. The zero-order valence-corrected chi connectivity index (χ0v) is 16.9. The molecular weight excluding hydrogens is 379 g/mol. The van der Waals surface area contributed by atoms with Gasteiger partial charge in [-0.3, -0.25) is 14.5 Å². The molecule has 1 aliphatic heterocycles. The van der Waals surface area contributed by atoms with Crippen molar-refractivity contribution in [3.05, 3.63) is 46.2 Å². The van der Waals surface area contributed by atoms with Crippen molar-refractivity contribution in [2.24, 2.45) is 5.92 Å². The van der Waals surface area contributed by atoms with E-state index in [9.17, 15) is 14.0 Å². The Labute approximate surface area is 168 Å². The molecule has 1 aliphatic rings. The fourth-order valence-electron chi connectivity index (χ4n) is 3.24. The minimum absolute atomic E-state index is 0.0272. The first kappa shape index (κ1) is 20.4. The highest BCUT2D eigenvalue weighted by Crippen LogP contribution is 2.21. The fraction of sp³-hybridized carbons (Fsp3) is 0.450. The second kappa shape index (κ2) is 9.25. The zero-order valence-electron chi connectivity index (χ0n) is 16.1. The van der Waals surface area contributed by atoms with Crippen LogP contribution >= 0.6 is 11.3 Å². The molecule has 1 saturated heterocycles. The number of likely N-dealkylation sites (tertiary alicyclic amines) is 1. The number of amides is 2. The van der Waals surface area contributed by atoms with Gasteiger partial charge in [0.2, 0.25) is 11.8 Å². The lowest BCUT2D eigenvalue weighted by Crippen LogP contribution is -2.45. The molecule has 0 spiro atoms. The van der Waals surface area contributed by atoms with Gasteiger partial charge in [0.1, 0.15) is 5.82 Å². The van der Waals surface area contributed by atoms with Gasteiger partial charge in [0, 0.05) is 18.0 Å². The zero-order chi connectivity index (χ0) is 20.1. The summed E-state index contributed by atoms with van der Waals surface area (Å²) in [4.78, 5) is 32.2. The van der Waals surface area contributed by atoms with E-state index < -0.39 is 0 Å². The van der Waals surface area contributed by atoms with Crippen LogP contribution in [0.1, 0.15) is 29.0 Å². The van der Waals surface area contributed by atoms with Crippen LogP contribution in [0.4, 0.5) is 9.52 Å². The summed E-state index contributed by atoms with van der Waals surface area (Å²) in [6, 6.07) is 6.09. The number of nitrogens with one attached hydrogen (secondary N) is 2. The Kier molecular flexibility index (Phi) is 6.74. The van der Waals surface area contributed by atoms with Crippen molar-refractivity contribution in [2.75, 3.05) is 25.0 Å². The van der Waals surface area contributed by atoms with Crippen molar-refractivity contribution in [1.82, 2.24) is 15.2 Å². The molecule has 1 aromatic heterocycles. The number of hydrogen-bond acceptors (Lipinski definition) is 5. The molecule has 1 fully saturated rings. The van der Waals surface area contributed by atoms with E-state index in [1.54, 1.807) is 12.1 Å². The predicted octanol–water partition coefficient (Wildman–Crippen LogP) is 2.87. The summed E-state index contributed by atoms with van der Waals surface area (Å²) in [6.45, 7) is 5.87. The van der Waals surface area contributed by atoms with E-state index in [0.29, 0.717) is 18.2 Å². The number of aryl methyl sites for hydroxylation is 2. The summed E-state index contributed by atoms with van der Waals surface area (Å²) in [6.07, 6.45) is 1.68. The Morgan fingerprint density at radius 3 is 2.71 bits per heavy atom. The third-order valence-corrected chi connectivity index (χ3v) is 5.89. The van der Waals surface area contributed by atoms with Crippen molar-refractivity contribution >= 4 is 28.3 Å². The average Bonchev–Trinajstić information content (AvgIpc) is 2.98. The summed E-state index contributed by atoms with van der Waals surface area (Å²) >= 11 is 1.47. The lowest BCUT2D eigenvalue weighted by Gasteiger charge is -2.31. The van der Waals surface area contributed by atoms with E-state index in [-0.39, 0.29) is 30.1 Å². The molecule has 0 bridgehead atoms. The van der Waals surface area contributed by atoms with Crippen LogP contribution in [0.3, 0.4) is 0 Å². The van der Waals surface area contributed by atoms with Crippen LogP contribution in [-0.2, 0) is 16.1 Å². The van der Waals surface area contributed by atoms with Gasteiger partial charge in [-0.2, -0.15) is 0 Å². The number of aromatic nitrogens is 1. The number of carbonyl (C=O) groups excluding carboxylic acids is 2. The average molecular weight is 405 g/mol. The van der Waals surface area contributed by atoms with Crippen LogP contribution < -0.4 is 10.6 Å². The minimum Gasteiger partial charge on any atom is -0.352 e. The van der Waals surface area contributed by atoms with Gasteiger partial charge >= 0.3 is 0 Å².